The highest BCUT2D eigenvalue weighted by molar-refractivity contribution is 6.23. The standard InChI is InChI=1S/C47H64N4O12/c1-24-13-12-14-25(2)46(59)49-37-32(23-48-51-20-18-50(19-21-51)31-15-10-11-16-31)41(56)34-35(42(37)57)40(55)29(6)44-36(34)45(58)47(8,63-44)61-22-17-33(60-9)26(3)43(62-30(7)52)28(5)39(54)27(4)38(24)53/h12-14,17,22-24,26-28,31,33,38-39,43,53-57H,10-11,15-16,18-21H2,1-9H3,(H,49,59)/b13-12-,22-17?,25-14-,48-23+. The zero-order valence-corrected chi connectivity index (χ0v) is 37.8. The Morgan fingerprint density at radius 1 is 0.921 bits per heavy atom. The summed E-state index contributed by atoms with van der Waals surface area (Å²) >= 11 is 0. The molecule has 0 radical (unpaired) electrons. The lowest BCUT2D eigenvalue weighted by Gasteiger charge is -2.38. The van der Waals surface area contributed by atoms with Gasteiger partial charge in [-0.1, -0.05) is 58.8 Å². The van der Waals surface area contributed by atoms with Crippen LogP contribution >= 0.6 is 0 Å². The van der Waals surface area contributed by atoms with Crippen molar-refractivity contribution in [2.75, 3.05) is 38.6 Å². The van der Waals surface area contributed by atoms with Crippen molar-refractivity contribution >= 4 is 40.3 Å². The zero-order valence-electron chi connectivity index (χ0n) is 37.8. The number of hydrazone groups is 1. The van der Waals surface area contributed by atoms with Gasteiger partial charge in [-0.2, -0.15) is 5.10 Å². The number of Topliss-reactive ketones (excluding diaryl/α,β-unsaturated/α-hetero) is 1. The van der Waals surface area contributed by atoms with Gasteiger partial charge in [0.15, 0.2) is 5.75 Å². The van der Waals surface area contributed by atoms with Gasteiger partial charge in [0, 0.05) is 93.4 Å². The number of rotatable bonds is 5. The molecule has 0 spiro atoms. The number of phenolic OH excluding ortho intramolecular Hbond substituents is 3. The fraction of sp³-hybridized carbons (Fsp3) is 0.574. The van der Waals surface area contributed by atoms with Gasteiger partial charge in [0.25, 0.3) is 11.7 Å². The Hall–Kier alpha value is -5.16. The van der Waals surface area contributed by atoms with Crippen LogP contribution in [0.1, 0.15) is 95.6 Å². The molecule has 7 rings (SSSR count). The average Bonchev–Trinajstić information content (AvgIpc) is 3.89. The third kappa shape index (κ3) is 9.40. The number of aliphatic hydroxyl groups excluding tert-OH is 2. The molecular formula is C47H64N4O12. The molecule has 2 aromatic rings. The van der Waals surface area contributed by atoms with Crippen LogP contribution in [0.2, 0.25) is 0 Å². The second-order valence-corrected chi connectivity index (χ2v) is 17.8. The third-order valence-corrected chi connectivity index (χ3v) is 13.5. The summed E-state index contributed by atoms with van der Waals surface area (Å²) in [6.07, 6.45) is 9.75. The second-order valence-electron chi connectivity index (χ2n) is 17.8. The minimum absolute atomic E-state index is 0.0631. The normalized spacial score (nSPS) is 31.9. The zero-order chi connectivity index (χ0) is 46.1. The highest BCUT2D eigenvalue weighted by Gasteiger charge is 2.50. The van der Waals surface area contributed by atoms with Crippen molar-refractivity contribution in [1.82, 2.24) is 9.91 Å². The number of hydrogen-bond acceptors (Lipinski definition) is 15. The van der Waals surface area contributed by atoms with E-state index in [-0.39, 0.29) is 44.5 Å². The van der Waals surface area contributed by atoms with E-state index in [2.05, 4.69) is 15.3 Å². The van der Waals surface area contributed by atoms with Crippen LogP contribution in [-0.2, 0) is 23.8 Å². The largest absolute Gasteiger partial charge is 0.507 e. The molecule has 63 heavy (non-hydrogen) atoms. The predicted octanol–water partition coefficient (Wildman–Crippen LogP) is 5.65. The monoisotopic (exact) mass is 876 g/mol. The molecule has 6 N–H and O–H groups in total. The van der Waals surface area contributed by atoms with Gasteiger partial charge in [-0.3, -0.25) is 24.3 Å². The van der Waals surface area contributed by atoms with Crippen LogP contribution in [0.4, 0.5) is 5.69 Å². The maximum absolute atomic E-state index is 14.5. The quantitative estimate of drug-likeness (QED) is 0.0926. The summed E-state index contributed by atoms with van der Waals surface area (Å²) in [5, 5.41) is 67.6. The molecule has 5 aliphatic rings. The first kappa shape index (κ1) is 47.3. The smallest absolute Gasteiger partial charge is 0.312 e. The number of nitrogens with one attached hydrogen (secondary N) is 1. The number of nitrogens with zero attached hydrogens (tertiary/aromatic N) is 3. The van der Waals surface area contributed by atoms with Crippen LogP contribution in [0.25, 0.3) is 10.8 Å². The van der Waals surface area contributed by atoms with Crippen molar-refractivity contribution in [1.29, 1.82) is 0 Å². The van der Waals surface area contributed by atoms with E-state index >= 15 is 0 Å². The number of ketones is 1. The van der Waals surface area contributed by atoms with Gasteiger partial charge in [0.1, 0.15) is 23.4 Å². The van der Waals surface area contributed by atoms with Gasteiger partial charge in [-0.15, -0.1) is 0 Å². The van der Waals surface area contributed by atoms with Crippen LogP contribution in [-0.4, -0.2) is 129 Å². The fourth-order valence-electron chi connectivity index (χ4n) is 9.47. The summed E-state index contributed by atoms with van der Waals surface area (Å²) in [5.41, 5.74) is -0.293. The summed E-state index contributed by atoms with van der Waals surface area (Å²) in [4.78, 5) is 43.2. The molecule has 4 heterocycles. The highest BCUT2D eigenvalue weighted by atomic mass is 16.7. The Morgan fingerprint density at radius 2 is 1.59 bits per heavy atom. The maximum atomic E-state index is 14.5. The molecule has 1 saturated heterocycles. The molecule has 1 aliphatic carbocycles. The first-order valence-corrected chi connectivity index (χ1v) is 21.9. The molecule has 1 saturated carbocycles. The molecule has 16 heteroatoms. The fourth-order valence-corrected chi connectivity index (χ4v) is 9.47. The topological polar surface area (TPSA) is 220 Å². The molecule has 5 bridgehead atoms. The number of phenols is 3. The number of fused-ring (bicyclic) bond motifs is 14. The average molecular weight is 877 g/mol. The molecule has 9 atom stereocenters. The third-order valence-electron chi connectivity index (χ3n) is 13.5. The number of benzene rings is 2. The Kier molecular flexibility index (Phi) is 14.5. The number of methoxy groups -OCH3 is 1. The first-order valence-electron chi connectivity index (χ1n) is 21.9. The number of allylic oxidation sites excluding steroid dienone is 2. The van der Waals surface area contributed by atoms with Gasteiger partial charge < -0.3 is 49.8 Å². The van der Waals surface area contributed by atoms with Crippen molar-refractivity contribution in [3.63, 3.8) is 0 Å². The SMILES string of the molecule is COC1C=COC2(C)Oc3c(C)c(O)c4c(O)c(c(/C=N/N5CCN(C6CCCC6)CC5)c(O)c4c3C2=O)NC(=O)/C(C)=C\C=C/C(C)C(O)C(C)C(O)C(C)C(OC(C)=O)C1C. The van der Waals surface area contributed by atoms with E-state index in [0.717, 1.165) is 13.1 Å². The summed E-state index contributed by atoms with van der Waals surface area (Å²) in [7, 11) is 1.44. The number of aliphatic hydroxyl groups is 2. The Morgan fingerprint density at radius 3 is 2.22 bits per heavy atom. The van der Waals surface area contributed by atoms with Crippen LogP contribution in [0.5, 0.6) is 23.0 Å². The molecule has 0 aromatic heterocycles. The minimum Gasteiger partial charge on any atom is -0.507 e. The molecule has 2 aromatic carbocycles. The van der Waals surface area contributed by atoms with Crippen molar-refractivity contribution in [2.45, 2.75) is 117 Å². The van der Waals surface area contributed by atoms with E-state index < -0.39 is 88.8 Å². The molecular weight excluding hydrogens is 813 g/mol. The number of aromatic hydroxyl groups is 3. The number of hydrogen-bond donors (Lipinski definition) is 6. The number of carbonyl (C=O) groups is 3. The Balaban J connectivity index is 1.47. The van der Waals surface area contributed by atoms with E-state index in [0.29, 0.717) is 19.1 Å². The summed E-state index contributed by atoms with van der Waals surface area (Å²) < 4.78 is 23.7. The summed E-state index contributed by atoms with van der Waals surface area (Å²) in [5.74, 6) is -8.28. The molecule has 1 amide bonds. The second kappa shape index (κ2) is 19.3. The molecule has 2 fully saturated rings. The number of carbonyl (C=O) groups excluding carboxylic acids is 3. The Labute approximate surface area is 368 Å². The highest BCUT2D eigenvalue weighted by Crippen LogP contribution is 2.55. The molecule has 9 unspecified atom stereocenters. The van der Waals surface area contributed by atoms with Crippen molar-refractivity contribution in [3.8, 4) is 23.0 Å². The number of amides is 1. The van der Waals surface area contributed by atoms with Gasteiger partial charge in [0.05, 0.1) is 53.0 Å². The number of piperazine rings is 1. The van der Waals surface area contributed by atoms with Crippen molar-refractivity contribution in [3.05, 3.63) is 52.8 Å². The van der Waals surface area contributed by atoms with Gasteiger partial charge in [0.2, 0.25) is 0 Å². The van der Waals surface area contributed by atoms with E-state index in [4.69, 9.17) is 18.9 Å². The van der Waals surface area contributed by atoms with E-state index in [1.807, 2.05) is 5.01 Å². The van der Waals surface area contributed by atoms with Gasteiger partial charge in [-0.25, -0.2) is 0 Å². The molecule has 16 nitrogen and oxygen atoms in total. The van der Waals surface area contributed by atoms with E-state index in [9.17, 15) is 39.9 Å². The van der Waals surface area contributed by atoms with E-state index in [1.165, 1.54) is 85.1 Å². The first-order chi connectivity index (χ1) is 29.8. The molecule has 344 valence electrons. The summed E-state index contributed by atoms with van der Waals surface area (Å²) in [6, 6.07) is 0.553. The lowest BCUT2D eigenvalue weighted by atomic mass is 9.78. The lowest BCUT2D eigenvalue weighted by Crippen LogP contribution is -2.47. The number of ether oxygens (including phenoxy) is 4. The summed E-state index contributed by atoms with van der Waals surface area (Å²) in [6.45, 7) is 15.4. The van der Waals surface area contributed by atoms with E-state index in [1.54, 1.807) is 39.8 Å². The predicted molar refractivity (Wildman–Crippen MR) is 237 cm³/mol. The van der Waals surface area contributed by atoms with Gasteiger partial charge >= 0.3 is 11.8 Å². The van der Waals surface area contributed by atoms with Crippen LogP contribution in [0.15, 0.2) is 41.2 Å². The minimum atomic E-state index is -2.04. The van der Waals surface area contributed by atoms with Gasteiger partial charge in [-0.05, 0) is 32.8 Å². The molecule has 4 aliphatic heterocycles. The van der Waals surface area contributed by atoms with Crippen molar-refractivity contribution in [2.24, 2.45) is 28.8 Å². The van der Waals surface area contributed by atoms with Crippen molar-refractivity contribution < 1.29 is 58.9 Å². The number of anilines is 1. The van der Waals surface area contributed by atoms with Crippen LogP contribution in [0.3, 0.4) is 0 Å². The lowest BCUT2D eigenvalue weighted by molar-refractivity contribution is -0.160. The Bertz CT molecular complexity index is 2190. The maximum Gasteiger partial charge on any atom is 0.312 e. The van der Waals surface area contributed by atoms with Crippen LogP contribution in [0, 0.1) is 30.6 Å². The number of esters is 1. The van der Waals surface area contributed by atoms with Crippen LogP contribution < -0.4 is 10.1 Å².